The fourth-order valence-electron chi connectivity index (χ4n) is 2.98. The van der Waals surface area contributed by atoms with Crippen LogP contribution in [0, 0.1) is 6.92 Å². The van der Waals surface area contributed by atoms with Crippen molar-refractivity contribution in [1.29, 1.82) is 0 Å². The molecule has 0 radical (unpaired) electrons. The van der Waals surface area contributed by atoms with Gasteiger partial charge >= 0.3 is 0 Å². The summed E-state index contributed by atoms with van der Waals surface area (Å²) >= 11 is 6.39. The van der Waals surface area contributed by atoms with Crippen LogP contribution in [0.5, 0.6) is 0 Å². The molecular weight excluding hydrogens is 416 g/mol. The quantitative estimate of drug-likeness (QED) is 0.467. The zero-order valence-corrected chi connectivity index (χ0v) is 18.3. The van der Waals surface area contributed by atoms with Crippen molar-refractivity contribution in [1.82, 2.24) is 15.1 Å². The minimum atomic E-state index is -0.333. The lowest BCUT2D eigenvalue weighted by Crippen LogP contribution is -2.20. The number of furan rings is 1. The van der Waals surface area contributed by atoms with Crippen molar-refractivity contribution in [2.45, 2.75) is 39.8 Å². The third-order valence-corrected chi connectivity index (χ3v) is 5.03. The number of anilines is 1. The minimum absolute atomic E-state index is 0.232. The Kier molecular flexibility index (Phi) is 7.67. The normalized spacial score (nSPS) is 11.1. The lowest BCUT2D eigenvalue weighted by atomic mass is 10.2. The van der Waals surface area contributed by atoms with E-state index in [4.69, 9.17) is 16.0 Å². The Labute approximate surface area is 186 Å². The fraction of sp³-hybridized carbons (Fsp3) is 0.261. The summed E-state index contributed by atoms with van der Waals surface area (Å²) in [6.45, 7) is 5.05. The third kappa shape index (κ3) is 6.08. The fourth-order valence-corrected chi connectivity index (χ4v) is 3.30. The van der Waals surface area contributed by atoms with Gasteiger partial charge in [-0.1, -0.05) is 37.1 Å². The van der Waals surface area contributed by atoms with Gasteiger partial charge in [0.25, 0.3) is 5.91 Å². The number of benzene rings is 1. The zero-order chi connectivity index (χ0) is 22.2. The van der Waals surface area contributed by atoms with E-state index in [-0.39, 0.29) is 17.6 Å². The molecule has 3 rings (SSSR count). The second-order valence-corrected chi connectivity index (χ2v) is 7.41. The summed E-state index contributed by atoms with van der Waals surface area (Å²) in [5.41, 5.74) is 2.99. The van der Waals surface area contributed by atoms with Gasteiger partial charge in [0.15, 0.2) is 5.76 Å². The Morgan fingerprint density at radius 2 is 2.10 bits per heavy atom. The minimum Gasteiger partial charge on any atom is -0.459 e. The zero-order valence-electron chi connectivity index (χ0n) is 17.5. The predicted octanol–water partition coefficient (Wildman–Crippen LogP) is 4.82. The van der Waals surface area contributed by atoms with Crippen LogP contribution < -0.4 is 10.6 Å². The summed E-state index contributed by atoms with van der Waals surface area (Å²) in [6.07, 6.45) is 6.62. The number of amides is 2. The van der Waals surface area contributed by atoms with Gasteiger partial charge in [-0.25, -0.2) is 0 Å². The number of carbonyl (C=O) groups excluding carboxylic acids is 2. The molecule has 2 heterocycles. The largest absolute Gasteiger partial charge is 0.459 e. The number of aryl methyl sites for hydroxylation is 2. The molecule has 0 aliphatic carbocycles. The van der Waals surface area contributed by atoms with Crippen LogP contribution in [0.15, 0.2) is 53.2 Å². The van der Waals surface area contributed by atoms with E-state index in [0.29, 0.717) is 17.4 Å². The first-order chi connectivity index (χ1) is 15.0. The second-order valence-electron chi connectivity index (χ2n) is 7.05. The standard InChI is InChI=1S/C23H25ClN4O3/c1-3-4-12-28-22(24)19(16(2)27-28)10-11-21(29)25-15-17-7-5-8-18(14-17)26-23(30)20-9-6-13-31-20/h5-11,13-14H,3-4,12,15H2,1-2H3,(H,25,29)(H,26,30)/b11-10+. The Balaban J connectivity index is 1.56. The molecule has 2 N–H and O–H groups in total. The molecule has 0 saturated heterocycles. The molecule has 0 fully saturated rings. The highest BCUT2D eigenvalue weighted by molar-refractivity contribution is 6.31. The highest BCUT2D eigenvalue weighted by atomic mass is 35.5. The predicted molar refractivity (Wildman–Crippen MR) is 121 cm³/mol. The summed E-state index contributed by atoms with van der Waals surface area (Å²) < 4.78 is 6.85. The summed E-state index contributed by atoms with van der Waals surface area (Å²) in [5, 5.41) is 10.6. The number of carbonyl (C=O) groups is 2. The molecule has 0 bridgehead atoms. The molecule has 8 heteroatoms. The van der Waals surface area contributed by atoms with Gasteiger partial charge in [-0.15, -0.1) is 0 Å². The van der Waals surface area contributed by atoms with Crippen molar-refractivity contribution in [2.24, 2.45) is 0 Å². The number of rotatable bonds is 9. The summed E-state index contributed by atoms with van der Waals surface area (Å²) in [5.74, 6) is -0.349. The topological polar surface area (TPSA) is 89.2 Å². The molecule has 162 valence electrons. The number of hydrogen-bond donors (Lipinski definition) is 2. The number of aromatic nitrogens is 2. The Hall–Kier alpha value is -3.32. The molecule has 0 unspecified atom stereocenters. The van der Waals surface area contributed by atoms with Crippen LogP contribution in [0.4, 0.5) is 5.69 Å². The van der Waals surface area contributed by atoms with Gasteiger partial charge in [0, 0.05) is 30.4 Å². The summed E-state index contributed by atoms with van der Waals surface area (Å²) in [7, 11) is 0. The highest BCUT2D eigenvalue weighted by Crippen LogP contribution is 2.21. The first kappa shape index (κ1) is 22.4. The SMILES string of the molecule is CCCCn1nc(C)c(/C=C/C(=O)NCc2cccc(NC(=O)c3ccco3)c2)c1Cl. The molecule has 0 atom stereocenters. The van der Waals surface area contributed by atoms with Gasteiger partial charge in [-0.3, -0.25) is 14.3 Å². The number of unbranched alkanes of at least 4 members (excludes halogenated alkanes) is 1. The smallest absolute Gasteiger partial charge is 0.291 e. The van der Waals surface area contributed by atoms with Crippen LogP contribution >= 0.6 is 11.6 Å². The average Bonchev–Trinajstić information content (AvgIpc) is 3.38. The Morgan fingerprint density at radius 3 is 2.84 bits per heavy atom. The van der Waals surface area contributed by atoms with E-state index in [1.807, 2.05) is 19.1 Å². The molecule has 2 amide bonds. The van der Waals surface area contributed by atoms with E-state index in [9.17, 15) is 9.59 Å². The van der Waals surface area contributed by atoms with Crippen molar-refractivity contribution in [3.8, 4) is 0 Å². The molecule has 0 aliphatic rings. The average molecular weight is 441 g/mol. The highest BCUT2D eigenvalue weighted by Gasteiger charge is 2.11. The van der Waals surface area contributed by atoms with Crippen LogP contribution in [0.25, 0.3) is 6.08 Å². The molecule has 1 aromatic carbocycles. The van der Waals surface area contributed by atoms with E-state index in [1.54, 1.807) is 35.0 Å². The van der Waals surface area contributed by atoms with Gasteiger partial charge in [0.05, 0.1) is 12.0 Å². The second kappa shape index (κ2) is 10.6. The molecule has 31 heavy (non-hydrogen) atoms. The van der Waals surface area contributed by atoms with Crippen LogP contribution in [-0.2, 0) is 17.9 Å². The molecule has 0 spiro atoms. The maximum atomic E-state index is 12.3. The van der Waals surface area contributed by atoms with Crippen molar-refractivity contribution in [3.05, 3.63) is 76.5 Å². The van der Waals surface area contributed by atoms with E-state index >= 15 is 0 Å². The number of nitrogens with one attached hydrogen (secondary N) is 2. The Morgan fingerprint density at radius 1 is 1.26 bits per heavy atom. The number of hydrogen-bond acceptors (Lipinski definition) is 4. The summed E-state index contributed by atoms with van der Waals surface area (Å²) in [4.78, 5) is 24.3. The van der Waals surface area contributed by atoms with Crippen LogP contribution in [0.1, 0.15) is 47.1 Å². The van der Waals surface area contributed by atoms with Gasteiger partial charge in [0.2, 0.25) is 5.91 Å². The Bertz CT molecular complexity index is 1070. The molecule has 0 aliphatic heterocycles. The van der Waals surface area contributed by atoms with Crippen molar-refractivity contribution in [3.63, 3.8) is 0 Å². The van der Waals surface area contributed by atoms with Gasteiger partial charge in [0.1, 0.15) is 5.15 Å². The van der Waals surface area contributed by atoms with E-state index in [0.717, 1.165) is 36.2 Å². The maximum Gasteiger partial charge on any atom is 0.291 e. The van der Waals surface area contributed by atoms with E-state index in [2.05, 4.69) is 22.7 Å². The first-order valence-electron chi connectivity index (χ1n) is 10.1. The van der Waals surface area contributed by atoms with Crippen molar-refractivity contribution >= 4 is 35.2 Å². The summed E-state index contributed by atoms with van der Waals surface area (Å²) in [6, 6.07) is 10.5. The number of nitrogens with zero attached hydrogens (tertiary/aromatic N) is 2. The molecule has 0 saturated carbocycles. The van der Waals surface area contributed by atoms with Gasteiger partial charge in [-0.2, -0.15) is 5.10 Å². The van der Waals surface area contributed by atoms with E-state index in [1.165, 1.54) is 12.3 Å². The molecule has 7 nitrogen and oxygen atoms in total. The van der Waals surface area contributed by atoms with Crippen LogP contribution in [-0.4, -0.2) is 21.6 Å². The first-order valence-corrected chi connectivity index (χ1v) is 10.5. The van der Waals surface area contributed by atoms with Crippen LogP contribution in [0.3, 0.4) is 0 Å². The van der Waals surface area contributed by atoms with E-state index < -0.39 is 0 Å². The number of halogens is 1. The van der Waals surface area contributed by atoms with Crippen molar-refractivity contribution in [2.75, 3.05) is 5.32 Å². The van der Waals surface area contributed by atoms with Gasteiger partial charge < -0.3 is 15.1 Å². The molecule has 2 aromatic heterocycles. The monoisotopic (exact) mass is 440 g/mol. The van der Waals surface area contributed by atoms with Gasteiger partial charge in [-0.05, 0) is 49.2 Å². The lowest BCUT2D eigenvalue weighted by Gasteiger charge is -2.07. The van der Waals surface area contributed by atoms with Crippen LogP contribution in [0.2, 0.25) is 5.15 Å². The molecular formula is C23H25ClN4O3. The maximum absolute atomic E-state index is 12.3. The third-order valence-electron chi connectivity index (χ3n) is 4.63. The molecule has 3 aromatic rings. The van der Waals surface area contributed by atoms with Crippen molar-refractivity contribution < 1.29 is 14.0 Å². The lowest BCUT2D eigenvalue weighted by molar-refractivity contribution is -0.116.